The SMILES string of the molecule is Nc1c(S(=O)(=O)O)cc(-c2ccc(S(N)(=O)=O)cc2)c2c1C(=O)c1ccccc1C2=O. The molecule has 11 heteroatoms. The second-order valence-electron chi connectivity index (χ2n) is 6.83. The molecule has 0 bridgehead atoms. The first-order valence-corrected chi connectivity index (χ1v) is 11.7. The van der Waals surface area contributed by atoms with Gasteiger partial charge in [0.05, 0.1) is 16.1 Å². The van der Waals surface area contributed by atoms with Crippen molar-refractivity contribution < 1.29 is 31.0 Å². The Morgan fingerprint density at radius 2 is 1.26 bits per heavy atom. The zero-order valence-electron chi connectivity index (χ0n) is 15.6. The van der Waals surface area contributed by atoms with Gasteiger partial charge in [0, 0.05) is 16.7 Å². The van der Waals surface area contributed by atoms with Crippen molar-refractivity contribution in [2.24, 2.45) is 5.14 Å². The van der Waals surface area contributed by atoms with E-state index in [9.17, 15) is 31.0 Å². The molecule has 1 aliphatic rings. The lowest BCUT2D eigenvalue weighted by Gasteiger charge is -2.23. The summed E-state index contributed by atoms with van der Waals surface area (Å²) in [5.41, 5.74) is 5.26. The number of ketones is 2. The van der Waals surface area contributed by atoms with Gasteiger partial charge in [0.1, 0.15) is 4.90 Å². The molecular formula is C20H14N2O7S2. The smallest absolute Gasteiger partial charge is 0.296 e. The Hall–Kier alpha value is -3.38. The minimum atomic E-state index is -4.85. The molecule has 0 atom stereocenters. The van der Waals surface area contributed by atoms with Gasteiger partial charge in [0.15, 0.2) is 11.6 Å². The molecule has 0 unspecified atom stereocenters. The van der Waals surface area contributed by atoms with Crippen LogP contribution in [0.25, 0.3) is 11.1 Å². The highest BCUT2D eigenvalue weighted by atomic mass is 32.2. The third-order valence-electron chi connectivity index (χ3n) is 4.97. The number of anilines is 1. The monoisotopic (exact) mass is 458 g/mol. The second kappa shape index (κ2) is 6.82. The van der Waals surface area contributed by atoms with E-state index in [1.807, 2.05) is 0 Å². The van der Waals surface area contributed by atoms with Crippen LogP contribution in [0.15, 0.2) is 64.4 Å². The highest BCUT2D eigenvalue weighted by Gasteiger charge is 2.36. The molecule has 0 fully saturated rings. The van der Waals surface area contributed by atoms with Crippen molar-refractivity contribution >= 4 is 37.4 Å². The predicted molar refractivity (Wildman–Crippen MR) is 111 cm³/mol. The lowest BCUT2D eigenvalue weighted by atomic mass is 9.79. The molecule has 5 N–H and O–H groups in total. The molecule has 1 aliphatic carbocycles. The Kier molecular flexibility index (Phi) is 4.59. The summed E-state index contributed by atoms with van der Waals surface area (Å²) in [5.74, 6) is -1.24. The maximum absolute atomic E-state index is 13.3. The zero-order valence-corrected chi connectivity index (χ0v) is 17.2. The van der Waals surface area contributed by atoms with Gasteiger partial charge in [-0.05, 0) is 29.3 Å². The molecule has 0 aromatic heterocycles. The summed E-state index contributed by atoms with van der Waals surface area (Å²) in [4.78, 5) is 25.4. The average Bonchev–Trinajstić information content (AvgIpc) is 2.70. The molecule has 0 radical (unpaired) electrons. The molecule has 9 nitrogen and oxygen atoms in total. The number of nitrogens with two attached hydrogens (primary N) is 2. The standard InChI is InChI=1S/C20H14N2O7S2/c21-18-15(31(27,28)29)9-14(10-5-7-11(8-6-10)30(22,25)26)16-17(18)20(24)13-4-2-1-3-12(13)19(16)23/h1-9H,21H2,(H2,22,25,26)(H,27,28,29). The second-order valence-corrected chi connectivity index (χ2v) is 9.79. The summed E-state index contributed by atoms with van der Waals surface area (Å²) in [5, 5.41) is 5.10. The Morgan fingerprint density at radius 3 is 1.74 bits per heavy atom. The van der Waals surface area contributed by atoms with Gasteiger partial charge in [0.2, 0.25) is 10.0 Å². The molecule has 0 spiro atoms. The van der Waals surface area contributed by atoms with E-state index in [-0.39, 0.29) is 38.3 Å². The van der Waals surface area contributed by atoms with Gasteiger partial charge in [-0.25, -0.2) is 13.6 Å². The summed E-state index contributed by atoms with van der Waals surface area (Å²) >= 11 is 0. The van der Waals surface area contributed by atoms with E-state index in [1.54, 1.807) is 12.1 Å². The van der Waals surface area contributed by atoms with Crippen molar-refractivity contribution in [1.82, 2.24) is 0 Å². The molecule has 4 rings (SSSR count). The summed E-state index contributed by atoms with van der Waals surface area (Å²) in [7, 11) is -8.85. The van der Waals surface area contributed by atoms with E-state index < -0.39 is 42.3 Å². The van der Waals surface area contributed by atoms with Crippen molar-refractivity contribution in [2.45, 2.75) is 9.79 Å². The number of carbonyl (C=O) groups excluding carboxylic acids is 2. The van der Waals surface area contributed by atoms with Crippen LogP contribution in [0, 0.1) is 0 Å². The van der Waals surface area contributed by atoms with Gasteiger partial charge in [-0.2, -0.15) is 8.42 Å². The molecule has 0 saturated carbocycles. The number of hydrogen-bond donors (Lipinski definition) is 3. The van der Waals surface area contributed by atoms with Crippen LogP contribution in [0.1, 0.15) is 31.8 Å². The predicted octanol–water partition coefficient (Wildman–Crippen LogP) is 1.61. The fourth-order valence-corrected chi connectivity index (χ4v) is 4.72. The van der Waals surface area contributed by atoms with Crippen molar-refractivity contribution in [3.8, 4) is 11.1 Å². The minimum absolute atomic E-state index is 0.00866. The van der Waals surface area contributed by atoms with Crippen molar-refractivity contribution in [3.63, 3.8) is 0 Å². The van der Waals surface area contributed by atoms with E-state index in [0.717, 1.165) is 6.07 Å². The van der Waals surface area contributed by atoms with Gasteiger partial charge >= 0.3 is 0 Å². The van der Waals surface area contributed by atoms with Gasteiger partial charge in [0.25, 0.3) is 10.1 Å². The number of carbonyl (C=O) groups is 2. The van der Waals surface area contributed by atoms with E-state index in [0.29, 0.717) is 0 Å². The Morgan fingerprint density at radius 1 is 0.742 bits per heavy atom. The van der Waals surface area contributed by atoms with Crippen LogP contribution in [0.3, 0.4) is 0 Å². The van der Waals surface area contributed by atoms with E-state index >= 15 is 0 Å². The third kappa shape index (κ3) is 3.33. The van der Waals surface area contributed by atoms with Crippen molar-refractivity contribution in [1.29, 1.82) is 0 Å². The number of benzene rings is 3. The molecule has 3 aromatic carbocycles. The van der Waals surface area contributed by atoms with Gasteiger partial charge in [-0.3, -0.25) is 14.1 Å². The van der Waals surface area contributed by atoms with Crippen LogP contribution in [0.4, 0.5) is 5.69 Å². The molecule has 3 aromatic rings. The zero-order chi connectivity index (χ0) is 22.7. The number of hydrogen-bond acceptors (Lipinski definition) is 7. The number of fused-ring (bicyclic) bond motifs is 2. The van der Waals surface area contributed by atoms with Crippen LogP contribution in [0.2, 0.25) is 0 Å². The largest absolute Gasteiger partial charge is 0.397 e. The summed E-state index contributed by atoms with van der Waals surface area (Å²) in [6.45, 7) is 0. The van der Waals surface area contributed by atoms with Crippen molar-refractivity contribution in [2.75, 3.05) is 5.73 Å². The van der Waals surface area contributed by atoms with Crippen LogP contribution in [-0.2, 0) is 20.1 Å². The molecular weight excluding hydrogens is 444 g/mol. The quantitative estimate of drug-likeness (QED) is 0.306. The minimum Gasteiger partial charge on any atom is -0.397 e. The highest BCUT2D eigenvalue weighted by molar-refractivity contribution is 7.89. The molecule has 31 heavy (non-hydrogen) atoms. The Bertz CT molecular complexity index is 1510. The third-order valence-corrected chi connectivity index (χ3v) is 6.79. The fourth-order valence-electron chi connectivity index (χ4n) is 3.56. The van der Waals surface area contributed by atoms with Gasteiger partial charge < -0.3 is 5.73 Å². The fraction of sp³-hybridized carbons (Fsp3) is 0. The first-order valence-electron chi connectivity index (χ1n) is 8.67. The molecule has 0 aliphatic heterocycles. The number of sulfonamides is 1. The van der Waals surface area contributed by atoms with E-state index in [1.165, 1.54) is 36.4 Å². The first kappa shape index (κ1) is 20.9. The number of primary sulfonamides is 1. The molecule has 0 saturated heterocycles. The van der Waals surface area contributed by atoms with E-state index in [4.69, 9.17) is 10.9 Å². The molecule has 158 valence electrons. The maximum Gasteiger partial charge on any atom is 0.296 e. The van der Waals surface area contributed by atoms with Crippen LogP contribution in [-0.4, -0.2) is 33.0 Å². The van der Waals surface area contributed by atoms with Gasteiger partial charge in [-0.1, -0.05) is 36.4 Å². The average molecular weight is 458 g/mol. The lowest BCUT2D eigenvalue weighted by molar-refractivity contribution is 0.0980. The van der Waals surface area contributed by atoms with Crippen LogP contribution >= 0.6 is 0 Å². The van der Waals surface area contributed by atoms with E-state index in [2.05, 4.69) is 0 Å². The molecule has 0 heterocycles. The summed E-state index contributed by atoms with van der Waals surface area (Å²) < 4.78 is 56.5. The van der Waals surface area contributed by atoms with Crippen LogP contribution < -0.4 is 10.9 Å². The number of rotatable bonds is 3. The Balaban J connectivity index is 2.09. The lowest BCUT2D eigenvalue weighted by Crippen LogP contribution is -2.24. The van der Waals surface area contributed by atoms with Gasteiger partial charge in [-0.15, -0.1) is 0 Å². The summed E-state index contributed by atoms with van der Waals surface area (Å²) in [6, 6.07) is 11.9. The molecule has 0 amide bonds. The number of nitrogen functional groups attached to an aromatic ring is 1. The highest BCUT2D eigenvalue weighted by Crippen LogP contribution is 2.40. The van der Waals surface area contributed by atoms with Crippen molar-refractivity contribution in [3.05, 3.63) is 76.9 Å². The topological polar surface area (TPSA) is 175 Å². The first-order chi connectivity index (χ1) is 14.4. The van der Waals surface area contributed by atoms with Crippen LogP contribution in [0.5, 0.6) is 0 Å². The summed E-state index contributed by atoms with van der Waals surface area (Å²) in [6.07, 6.45) is 0. The normalized spacial score (nSPS) is 13.6. The maximum atomic E-state index is 13.3. The Labute approximate surface area is 177 Å².